The highest BCUT2D eigenvalue weighted by Crippen LogP contribution is 2.25. The predicted octanol–water partition coefficient (Wildman–Crippen LogP) is 0.583. The number of benzene rings is 1. The second-order valence-electron chi connectivity index (χ2n) is 3.89. The Labute approximate surface area is 103 Å². The molecule has 18 heavy (non-hydrogen) atoms. The molecule has 94 valence electrons. The first-order valence-corrected chi connectivity index (χ1v) is 5.29. The minimum absolute atomic E-state index is 0.0406. The van der Waals surface area contributed by atoms with Crippen molar-refractivity contribution in [1.82, 2.24) is 0 Å². The van der Waals surface area contributed by atoms with E-state index >= 15 is 0 Å². The van der Waals surface area contributed by atoms with E-state index < -0.39 is 17.8 Å². The minimum Gasteiger partial charge on any atom is -0.478 e. The summed E-state index contributed by atoms with van der Waals surface area (Å²) in [4.78, 5) is 35.4. The molecule has 2 rings (SSSR count). The first-order valence-electron chi connectivity index (χ1n) is 5.29. The van der Waals surface area contributed by atoms with E-state index in [1.54, 1.807) is 19.1 Å². The molecule has 0 spiro atoms. The van der Waals surface area contributed by atoms with Gasteiger partial charge in [-0.15, -0.1) is 0 Å². The molecule has 0 atom stereocenters. The molecular formula is C12H11NO5. The van der Waals surface area contributed by atoms with Gasteiger partial charge in [-0.3, -0.25) is 9.59 Å². The summed E-state index contributed by atoms with van der Waals surface area (Å²) in [6.07, 6.45) is 0. The van der Waals surface area contributed by atoms with Crippen molar-refractivity contribution in [1.29, 1.82) is 0 Å². The first kappa shape index (κ1) is 12.3. The number of aromatic carboxylic acids is 1. The lowest BCUT2D eigenvalue weighted by Crippen LogP contribution is -2.47. The van der Waals surface area contributed by atoms with Crippen LogP contribution in [0.15, 0.2) is 18.2 Å². The van der Waals surface area contributed by atoms with Crippen molar-refractivity contribution in [2.24, 2.45) is 0 Å². The fourth-order valence-electron chi connectivity index (χ4n) is 1.88. The Hall–Kier alpha value is -2.21. The minimum atomic E-state index is -1.17. The number of carbonyl (C=O) groups excluding carboxylic acids is 2. The van der Waals surface area contributed by atoms with E-state index in [4.69, 9.17) is 9.84 Å². The Morgan fingerprint density at radius 3 is 2.44 bits per heavy atom. The lowest BCUT2D eigenvalue weighted by molar-refractivity contribution is -0.138. The number of ether oxygens (including phenoxy) is 1. The van der Waals surface area contributed by atoms with Crippen LogP contribution in [0.3, 0.4) is 0 Å². The summed E-state index contributed by atoms with van der Waals surface area (Å²) in [6, 6.07) is 4.66. The van der Waals surface area contributed by atoms with E-state index in [-0.39, 0.29) is 24.5 Å². The van der Waals surface area contributed by atoms with Crippen LogP contribution < -0.4 is 4.90 Å². The first-order chi connectivity index (χ1) is 8.52. The standard InChI is InChI=1S/C12H11NO5/c1-7-3-2-4-8(11(7)12(16)17)13-9(14)5-18-6-10(13)15/h2-4H,5-6H2,1H3,(H,16,17). The van der Waals surface area contributed by atoms with Crippen molar-refractivity contribution in [3.05, 3.63) is 29.3 Å². The number of hydrogen-bond donors (Lipinski definition) is 1. The van der Waals surface area contributed by atoms with E-state index in [0.717, 1.165) is 4.90 Å². The van der Waals surface area contributed by atoms with E-state index in [1.807, 2.05) is 0 Å². The average molecular weight is 249 g/mol. The summed E-state index contributed by atoms with van der Waals surface area (Å²) < 4.78 is 4.79. The number of aryl methyl sites for hydroxylation is 1. The summed E-state index contributed by atoms with van der Waals surface area (Å²) in [6.45, 7) is 1.17. The third-order valence-corrected chi connectivity index (χ3v) is 2.66. The zero-order valence-electron chi connectivity index (χ0n) is 9.67. The maximum absolute atomic E-state index is 11.7. The van der Waals surface area contributed by atoms with E-state index in [2.05, 4.69) is 0 Å². The monoisotopic (exact) mass is 249 g/mol. The van der Waals surface area contributed by atoms with Crippen molar-refractivity contribution in [3.8, 4) is 0 Å². The highest BCUT2D eigenvalue weighted by molar-refractivity contribution is 6.19. The van der Waals surface area contributed by atoms with Gasteiger partial charge in [0.25, 0.3) is 11.8 Å². The number of carbonyl (C=O) groups is 3. The number of carboxylic acid groups (broad SMARTS) is 1. The number of rotatable bonds is 2. The zero-order chi connectivity index (χ0) is 13.3. The predicted molar refractivity (Wildman–Crippen MR) is 61.5 cm³/mol. The number of nitrogens with zero attached hydrogens (tertiary/aromatic N) is 1. The largest absolute Gasteiger partial charge is 0.478 e. The van der Waals surface area contributed by atoms with Crippen LogP contribution in [0.2, 0.25) is 0 Å². The lowest BCUT2D eigenvalue weighted by Gasteiger charge is -2.26. The van der Waals surface area contributed by atoms with Crippen molar-refractivity contribution in [3.63, 3.8) is 0 Å². The molecule has 0 aliphatic carbocycles. The topological polar surface area (TPSA) is 83.9 Å². The zero-order valence-corrected chi connectivity index (χ0v) is 9.67. The van der Waals surface area contributed by atoms with Gasteiger partial charge in [0.05, 0.1) is 11.3 Å². The average Bonchev–Trinajstić information content (AvgIpc) is 2.28. The van der Waals surface area contributed by atoms with Gasteiger partial charge in [0.15, 0.2) is 0 Å². The van der Waals surface area contributed by atoms with E-state index in [0.29, 0.717) is 5.56 Å². The van der Waals surface area contributed by atoms with Crippen LogP contribution in [0, 0.1) is 6.92 Å². The lowest BCUT2D eigenvalue weighted by atomic mass is 10.1. The number of amides is 2. The molecule has 1 aromatic rings. The second kappa shape index (κ2) is 4.58. The van der Waals surface area contributed by atoms with E-state index in [9.17, 15) is 14.4 Å². The molecular weight excluding hydrogens is 238 g/mol. The summed E-state index contributed by atoms with van der Waals surface area (Å²) in [5.41, 5.74) is 0.550. The van der Waals surface area contributed by atoms with Crippen molar-refractivity contribution >= 4 is 23.5 Å². The summed E-state index contributed by atoms with van der Waals surface area (Å²) in [5, 5.41) is 9.17. The van der Waals surface area contributed by atoms with Crippen LogP contribution >= 0.6 is 0 Å². The smallest absolute Gasteiger partial charge is 0.338 e. The molecule has 1 N–H and O–H groups in total. The SMILES string of the molecule is Cc1cccc(N2C(=O)COCC2=O)c1C(=O)O. The number of hydrogen-bond acceptors (Lipinski definition) is 4. The van der Waals surface area contributed by atoms with Crippen molar-refractivity contribution in [2.45, 2.75) is 6.92 Å². The molecule has 0 radical (unpaired) electrons. The van der Waals surface area contributed by atoms with Crippen LogP contribution in [0.4, 0.5) is 5.69 Å². The maximum atomic E-state index is 11.7. The molecule has 1 aliphatic rings. The molecule has 6 heteroatoms. The quantitative estimate of drug-likeness (QED) is 0.775. The van der Waals surface area contributed by atoms with Crippen LogP contribution in [-0.4, -0.2) is 36.1 Å². The van der Waals surface area contributed by atoms with Gasteiger partial charge < -0.3 is 9.84 Å². The summed E-state index contributed by atoms with van der Waals surface area (Å²) in [7, 11) is 0. The third kappa shape index (κ3) is 1.98. The molecule has 1 aromatic carbocycles. The van der Waals surface area contributed by atoms with Gasteiger partial charge in [-0.2, -0.15) is 0 Å². The van der Waals surface area contributed by atoms with Gasteiger partial charge in [-0.1, -0.05) is 12.1 Å². The molecule has 6 nitrogen and oxygen atoms in total. The fraction of sp³-hybridized carbons (Fsp3) is 0.250. The molecule has 0 saturated carbocycles. The molecule has 1 saturated heterocycles. The molecule has 1 heterocycles. The van der Waals surface area contributed by atoms with Crippen LogP contribution in [0.5, 0.6) is 0 Å². The van der Waals surface area contributed by atoms with Crippen LogP contribution in [0.25, 0.3) is 0 Å². The Morgan fingerprint density at radius 2 is 1.89 bits per heavy atom. The second-order valence-corrected chi connectivity index (χ2v) is 3.89. The molecule has 2 amide bonds. The van der Waals surface area contributed by atoms with Gasteiger partial charge >= 0.3 is 5.97 Å². The van der Waals surface area contributed by atoms with E-state index in [1.165, 1.54) is 6.07 Å². The summed E-state index contributed by atoms with van der Waals surface area (Å²) in [5.74, 6) is -2.28. The highest BCUT2D eigenvalue weighted by atomic mass is 16.5. The fourth-order valence-corrected chi connectivity index (χ4v) is 1.88. The Morgan fingerprint density at radius 1 is 1.28 bits per heavy atom. The van der Waals surface area contributed by atoms with Gasteiger partial charge in [0.1, 0.15) is 13.2 Å². The van der Waals surface area contributed by atoms with Crippen LogP contribution in [0.1, 0.15) is 15.9 Å². The molecule has 0 aromatic heterocycles. The number of anilines is 1. The summed E-state index contributed by atoms with van der Waals surface area (Å²) >= 11 is 0. The van der Waals surface area contributed by atoms with Crippen molar-refractivity contribution in [2.75, 3.05) is 18.1 Å². The van der Waals surface area contributed by atoms with Gasteiger partial charge in [-0.05, 0) is 18.6 Å². The van der Waals surface area contributed by atoms with Crippen molar-refractivity contribution < 1.29 is 24.2 Å². The Bertz CT molecular complexity index is 521. The number of carboxylic acids is 1. The van der Waals surface area contributed by atoms with Gasteiger partial charge in [-0.25, -0.2) is 9.69 Å². The number of morpholine rings is 1. The highest BCUT2D eigenvalue weighted by Gasteiger charge is 2.31. The Kier molecular flexibility index (Phi) is 3.12. The molecule has 1 fully saturated rings. The normalized spacial score (nSPS) is 15.9. The molecule has 1 aliphatic heterocycles. The maximum Gasteiger partial charge on any atom is 0.338 e. The number of imide groups is 1. The third-order valence-electron chi connectivity index (χ3n) is 2.66. The molecule has 0 bridgehead atoms. The van der Waals surface area contributed by atoms with Gasteiger partial charge in [0.2, 0.25) is 0 Å². The van der Waals surface area contributed by atoms with Crippen LogP contribution in [-0.2, 0) is 14.3 Å². The Balaban J connectivity index is 2.56. The van der Waals surface area contributed by atoms with Gasteiger partial charge in [0, 0.05) is 0 Å². The molecule has 0 unspecified atom stereocenters.